The molecule has 0 unspecified atom stereocenters. The summed E-state index contributed by atoms with van der Waals surface area (Å²) in [5.74, 6) is -0.181. The molecule has 0 amide bonds. The van der Waals surface area contributed by atoms with Crippen molar-refractivity contribution in [2.75, 3.05) is 6.54 Å². The number of nitriles is 1. The normalized spacial score (nSPS) is 40.7. The third-order valence-corrected chi connectivity index (χ3v) is 1.53. The molecule has 6 N–H and O–H groups in total. The van der Waals surface area contributed by atoms with Crippen LogP contribution >= 0.6 is 0 Å². The summed E-state index contributed by atoms with van der Waals surface area (Å²) in [6.45, 7) is 0.561. The van der Waals surface area contributed by atoms with Crippen molar-refractivity contribution in [3.63, 3.8) is 0 Å². The van der Waals surface area contributed by atoms with Gasteiger partial charge in [-0.1, -0.05) is 0 Å². The number of hydrogen-bond acceptors (Lipinski definition) is 5. The maximum atomic E-state index is 8.50. The van der Waals surface area contributed by atoms with Crippen LogP contribution < -0.4 is 22.1 Å². The van der Waals surface area contributed by atoms with Gasteiger partial charge in [0.15, 0.2) is 0 Å². The first kappa shape index (κ1) is 7.44. The Balaban J connectivity index is 2.45. The van der Waals surface area contributed by atoms with Gasteiger partial charge in [0.2, 0.25) is 0 Å². The molecule has 3 atom stereocenters. The van der Waals surface area contributed by atoms with Crippen molar-refractivity contribution in [3.05, 3.63) is 0 Å². The van der Waals surface area contributed by atoms with E-state index in [1.54, 1.807) is 0 Å². The van der Waals surface area contributed by atoms with Crippen LogP contribution in [0.1, 0.15) is 0 Å². The molecule has 1 aliphatic rings. The monoisotopic (exact) mass is 141 g/mol. The van der Waals surface area contributed by atoms with Crippen molar-refractivity contribution in [1.82, 2.24) is 10.6 Å². The van der Waals surface area contributed by atoms with E-state index in [0.717, 1.165) is 0 Å². The molecule has 0 saturated carbocycles. The van der Waals surface area contributed by atoms with E-state index in [-0.39, 0.29) is 18.4 Å². The zero-order valence-electron chi connectivity index (χ0n) is 5.54. The molecule has 1 fully saturated rings. The van der Waals surface area contributed by atoms with E-state index in [2.05, 4.69) is 16.7 Å². The predicted molar refractivity (Wildman–Crippen MR) is 36.2 cm³/mol. The third kappa shape index (κ3) is 1.43. The topological polar surface area (TPSA) is 99.9 Å². The zero-order chi connectivity index (χ0) is 7.56. The Morgan fingerprint density at radius 1 is 1.50 bits per heavy atom. The lowest BCUT2D eigenvalue weighted by atomic mass is 10.1. The molecule has 5 nitrogen and oxygen atoms in total. The molecule has 1 heterocycles. The summed E-state index contributed by atoms with van der Waals surface area (Å²) in [4.78, 5) is 0. The minimum Gasteiger partial charge on any atom is -0.315 e. The fraction of sp³-hybridized carbons (Fsp3) is 0.800. The van der Waals surface area contributed by atoms with Gasteiger partial charge in [0.05, 0.1) is 18.2 Å². The van der Waals surface area contributed by atoms with E-state index in [0.29, 0.717) is 6.54 Å². The first-order valence-corrected chi connectivity index (χ1v) is 3.14. The van der Waals surface area contributed by atoms with Crippen LogP contribution in [0.15, 0.2) is 0 Å². The molecule has 0 bridgehead atoms. The maximum Gasteiger partial charge on any atom is 0.110 e. The van der Waals surface area contributed by atoms with Crippen molar-refractivity contribution in [2.45, 2.75) is 12.5 Å². The first-order chi connectivity index (χ1) is 4.74. The van der Waals surface area contributed by atoms with Crippen LogP contribution in [-0.4, -0.2) is 19.0 Å². The van der Waals surface area contributed by atoms with Crippen molar-refractivity contribution in [2.24, 2.45) is 17.4 Å². The Morgan fingerprint density at radius 3 is 2.70 bits per heavy atom. The highest BCUT2D eigenvalue weighted by Crippen LogP contribution is 1.99. The number of rotatable bonds is 0. The maximum absolute atomic E-state index is 8.50. The molecule has 0 aromatic heterocycles. The molecule has 1 aliphatic heterocycles. The van der Waals surface area contributed by atoms with Crippen molar-refractivity contribution in [1.29, 1.82) is 5.26 Å². The van der Waals surface area contributed by atoms with Crippen LogP contribution in [0.2, 0.25) is 0 Å². The molecule has 1 rings (SSSR count). The summed E-state index contributed by atoms with van der Waals surface area (Å²) >= 11 is 0. The smallest absolute Gasteiger partial charge is 0.110 e. The Bertz CT molecular complexity index is 151. The zero-order valence-corrected chi connectivity index (χ0v) is 5.54. The van der Waals surface area contributed by atoms with E-state index in [1.807, 2.05) is 0 Å². The Kier molecular flexibility index (Phi) is 2.19. The van der Waals surface area contributed by atoms with Gasteiger partial charge in [-0.3, -0.25) is 10.6 Å². The molecule has 10 heavy (non-hydrogen) atoms. The highest BCUT2D eigenvalue weighted by atomic mass is 15.3. The van der Waals surface area contributed by atoms with Crippen LogP contribution in [-0.2, 0) is 0 Å². The van der Waals surface area contributed by atoms with Crippen LogP contribution in [0.4, 0.5) is 0 Å². The van der Waals surface area contributed by atoms with Gasteiger partial charge in [0, 0.05) is 6.54 Å². The van der Waals surface area contributed by atoms with Crippen LogP contribution in [0, 0.1) is 17.2 Å². The number of nitrogens with zero attached hydrogens (tertiary/aromatic N) is 1. The Labute approximate surface area is 59.4 Å². The van der Waals surface area contributed by atoms with Gasteiger partial charge in [0.1, 0.15) is 6.29 Å². The molecule has 0 radical (unpaired) electrons. The van der Waals surface area contributed by atoms with Gasteiger partial charge in [-0.2, -0.15) is 5.26 Å². The predicted octanol–water partition coefficient (Wildman–Crippen LogP) is -2.15. The summed E-state index contributed by atoms with van der Waals surface area (Å²) in [6.07, 6.45) is -0.583. The second kappa shape index (κ2) is 2.94. The first-order valence-electron chi connectivity index (χ1n) is 3.14. The summed E-state index contributed by atoms with van der Waals surface area (Å²) < 4.78 is 0. The van der Waals surface area contributed by atoms with Gasteiger partial charge >= 0.3 is 0 Å². The molecule has 0 aliphatic carbocycles. The molecule has 1 saturated heterocycles. The van der Waals surface area contributed by atoms with Crippen molar-refractivity contribution in [3.8, 4) is 6.07 Å². The fourth-order valence-electron chi connectivity index (χ4n) is 0.889. The lowest BCUT2D eigenvalue weighted by Crippen LogP contribution is -2.65. The molecular formula is C5H11N5. The van der Waals surface area contributed by atoms with E-state index in [9.17, 15) is 0 Å². The van der Waals surface area contributed by atoms with Crippen molar-refractivity contribution < 1.29 is 0 Å². The highest BCUT2D eigenvalue weighted by molar-refractivity contribution is 4.94. The SMILES string of the molecule is N#C[C@@H]1CN[C@@H](N)N[C@@H]1N. The fourth-order valence-corrected chi connectivity index (χ4v) is 0.889. The van der Waals surface area contributed by atoms with Gasteiger partial charge in [-0.25, -0.2) is 0 Å². The minimum atomic E-state index is -0.304. The van der Waals surface area contributed by atoms with E-state index < -0.39 is 0 Å². The number of hydrogen-bond donors (Lipinski definition) is 4. The van der Waals surface area contributed by atoms with E-state index in [1.165, 1.54) is 0 Å². The average molecular weight is 141 g/mol. The lowest BCUT2D eigenvalue weighted by molar-refractivity contribution is 0.265. The summed E-state index contributed by atoms with van der Waals surface area (Å²) in [7, 11) is 0. The van der Waals surface area contributed by atoms with Gasteiger partial charge in [0.25, 0.3) is 0 Å². The Morgan fingerprint density at radius 2 is 2.20 bits per heavy atom. The summed E-state index contributed by atoms with van der Waals surface area (Å²) in [5, 5.41) is 14.2. The van der Waals surface area contributed by atoms with Crippen molar-refractivity contribution >= 4 is 0 Å². The third-order valence-electron chi connectivity index (χ3n) is 1.53. The van der Waals surface area contributed by atoms with Crippen LogP contribution in [0.3, 0.4) is 0 Å². The minimum absolute atomic E-state index is 0.181. The lowest BCUT2D eigenvalue weighted by Gasteiger charge is -2.30. The molecule has 0 spiro atoms. The van der Waals surface area contributed by atoms with Crippen LogP contribution in [0.25, 0.3) is 0 Å². The molecule has 0 aromatic carbocycles. The van der Waals surface area contributed by atoms with E-state index >= 15 is 0 Å². The summed E-state index contributed by atoms with van der Waals surface area (Å²) in [6, 6.07) is 2.07. The molecule has 56 valence electrons. The second-order valence-electron chi connectivity index (χ2n) is 2.31. The highest BCUT2D eigenvalue weighted by Gasteiger charge is 2.23. The second-order valence-corrected chi connectivity index (χ2v) is 2.31. The Hall–Kier alpha value is -0.670. The van der Waals surface area contributed by atoms with Gasteiger partial charge < -0.3 is 11.5 Å². The quantitative estimate of drug-likeness (QED) is 0.308. The number of nitrogens with two attached hydrogens (primary N) is 2. The standard InChI is InChI=1S/C5H11N5/c6-1-3-2-9-5(8)10-4(3)7/h3-5,9-10H,2,7-8H2/t3-,4+,5-/m1/s1. The van der Waals surface area contributed by atoms with E-state index in [4.69, 9.17) is 16.7 Å². The summed E-state index contributed by atoms with van der Waals surface area (Å²) in [5.41, 5.74) is 11.0. The van der Waals surface area contributed by atoms with Gasteiger partial charge in [-0.05, 0) is 0 Å². The number of nitrogens with one attached hydrogen (secondary N) is 2. The molecular weight excluding hydrogens is 130 g/mol. The molecule has 0 aromatic rings. The average Bonchev–Trinajstić information content (AvgIpc) is 1.88. The largest absolute Gasteiger partial charge is 0.315 e. The molecule has 5 heteroatoms. The van der Waals surface area contributed by atoms with Gasteiger partial charge in [-0.15, -0.1) is 0 Å². The van der Waals surface area contributed by atoms with Crippen LogP contribution in [0.5, 0.6) is 0 Å².